The van der Waals surface area contributed by atoms with Gasteiger partial charge in [0.15, 0.2) is 5.60 Å². The second kappa shape index (κ2) is 6.75. The van der Waals surface area contributed by atoms with Crippen LogP contribution in [-0.4, -0.2) is 50.7 Å². The first-order chi connectivity index (χ1) is 6.54. The van der Waals surface area contributed by atoms with E-state index < -0.39 is 11.6 Å². The molecule has 0 aliphatic rings. The minimum Gasteiger partial charge on any atom is -0.467 e. The Labute approximate surface area is 84.0 Å². The van der Waals surface area contributed by atoms with Gasteiger partial charge >= 0.3 is 5.97 Å². The molecule has 0 aromatic rings. The Morgan fingerprint density at radius 1 is 1.36 bits per heavy atom. The predicted molar refractivity (Wildman–Crippen MR) is 50.0 cm³/mol. The van der Waals surface area contributed by atoms with Gasteiger partial charge in [0.1, 0.15) is 0 Å². The van der Waals surface area contributed by atoms with Crippen LogP contribution in [0.5, 0.6) is 0 Å². The van der Waals surface area contributed by atoms with Crippen LogP contribution in [0, 0.1) is 0 Å². The Morgan fingerprint density at radius 3 is 2.50 bits per heavy atom. The molecule has 0 aliphatic heterocycles. The topological polar surface area (TPSA) is 65.0 Å². The van der Waals surface area contributed by atoms with E-state index in [1.165, 1.54) is 14.0 Å². The first kappa shape index (κ1) is 13.4. The van der Waals surface area contributed by atoms with Gasteiger partial charge in [-0.2, -0.15) is 0 Å². The zero-order valence-corrected chi connectivity index (χ0v) is 8.91. The van der Waals surface area contributed by atoms with E-state index in [4.69, 9.17) is 9.47 Å². The predicted octanol–water partition coefficient (Wildman–Crippen LogP) is -0.0365. The second-order valence-corrected chi connectivity index (χ2v) is 3.16. The number of ether oxygens (including phenoxy) is 3. The van der Waals surface area contributed by atoms with Crippen LogP contribution >= 0.6 is 0 Å². The molecule has 0 bridgehead atoms. The summed E-state index contributed by atoms with van der Waals surface area (Å²) in [5.74, 6) is -0.691. The van der Waals surface area contributed by atoms with Crippen LogP contribution in [0.3, 0.4) is 0 Å². The summed E-state index contributed by atoms with van der Waals surface area (Å²) in [6, 6.07) is 0. The van der Waals surface area contributed by atoms with E-state index in [0.717, 1.165) is 6.42 Å². The fraction of sp³-hybridized carbons (Fsp3) is 0.889. The number of hydrogen-bond donors (Lipinski definition) is 1. The molecule has 0 rings (SSSR count). The van der Waals surface area contributed by atoms with Gasteiger partial charge in [-0.25, -0.2) is 4.79 Å². The van der Waals surface area contributed by atoms with Crippen molar-refractivity contribution in [2.45, 2.75) is 18.9 Å². The van der Waals surface area contributed by atoms with Crippen molar-refractivity contribution in [3.8, 4) is 0 Å². The number of esters is 1. The average molecular weight is 206 g/mol. The van der Waals surface area contributed by atoms with E-state index in [1.54, 1.807) is 7.11 Å². The van der Waals surface area contributed by atoms with E-state index in [2.05, 4.69) is 4.74 Å². The van der Waals surface area contributed by atoms with E-state index in [0.29, 0.717) is 13.2 Å². The Morgan fingerprint density at radius 2 is 2.00 bits per heavy atom. The summed E-state index contributed by atoms with van der Waals surface area (Å²) in [4.78, 5) is 11.0. The average Bonchev–Trinajstić information content (AvgIpc) is 2.16. The maximum absolute atomic E-state index is 11.0. The molecular formula is C9H18O5. The first-order valence-corrected chi connectivity index (χ1v) is 4.42. The van der Waals surface area contributed by atoms with Crippen LogP contribution in [-0.2, 0) is 19.0 Å². The van der Waals surface area contributed by atoms with Gasteiger partial charge in [-0.1, -0.05) is 0 Å². The monoisotopic (exact) mass is 206 g/mol. The molecule has 0 saturated heterocycles. The van der Waals surface area contributed by atoms with Crippen LogP contribution < -0.4 is 0 Å². The maximum Gasteiger partial charge on any atom is 0.339 e. The molecule has 0 radical (unpaired) electrons. The molecule has 84 valence electrons. The molecule has 0 aliphatic carbocycles. The van der Waals surface area contributed by atoms with Gasteiger partial charge in [0, 0.05) is 20.3 Å². The fourth-order valence-corrected chi connectivity index (χ4v) is 0.855. The van der Waals surface area contributed by atoms with Gasteiger partial charge in [0.25, 0.3) is 0 Å². The van der Waals surface area contributed by atoms with Crippen LogP contribution in [0.4, 0.5) is 0 Å². The smallest absolute Gasteiger partial charge is 0.339 e. The van der Waals surface area contributed by atoms with Gasteiger partial charge in [-0.05, 0) is 13.3 Å². The minimum atomic E-state index is -1.57. The molecule has 0 heterocycles. The quantitative estimate of drug-likeness (QED) is 0.468. The Balaban J connectivity index is 3.60. The molecule has 1 atom stereocenters. The molecule has 1 N–H and O–H groups in total. The minimum absolute atomic E-state index is 0.0661. The number of carbonyl (C=O) groups excluding carboxylic acids is 1. The van der Waals surface area contributed by atoms with Crippen molar-refractivity contribution in [3.05, 3.63) is 0 Å². The Hall–Kier alpha value is -0.650. The van der Waals surface area contributed by atoms with E-state index >= 15 is 0 Å². The van der Waals surface area contributed by atoms with Gasteiger partial charge in [-0.3, -0.25) is 0 Å². The lowest BCUT2D eigenvalue weighted by Crippen LogP contribution is -2.41. The molecule has 0 saturated carbocycles. The van der Waals surface area contributed by atoms with E-state index in [9.17, 15) is 9.90 Å². The third-order valence-corrected chi connectivity index (χ3v) is 1.65. The molecular weight excluding hydrogens is 188 g/mol. The van der Waals surface area contributed by atoms with Crippen molar-refractivity contribution in [3.63, 3.8) is 0 Å². The number of hydrogen-bond acceptors (Lipinski definition) is 5. The lowest BCUT2D eigenvalue weighted by atomic mass is 10.1. The summed E-state index contributed by atoms with van der Waals surface area (Å²) < 4.78 is 14.3. The number of aliphatic hydroxyl groups is 1. The molecule has 0 aromatic heterocycles. The molecule has 5 nitrogen and oxygen atoms in total. The van der Waals surface area contributed by atoms with Crippen LogP contribution in [0.25, 0.3) is 0 Å². The molecule has 14 heavy (non-hydrogen) atoms. The number of carbonyl (C=O) groups is 1. The second-order valence-electron chi connectivity index (χ2n) is 3.16. The molecule has 0 aromatic carbocycles. The zero-order valence-electron chi connectivity index (χ0n) is 8.91. The maximum atomic E-state index is 11.0. The van der Waals surface area contributed by atoms with Crippen molar-refractivity contribution < 1.29 is 24.1 Å². The first-order valence-electron chi connectivity index (χ1n) is 4.42. The van der Waals surface area contributed by atoms with E-state index in [1.807, 2.05) is 0 Å². The van der Waals surface area contributed by atoms with Gasteiger partial charge in [0.2, 0.25) is 0 Å². The standard InChI is InChI=1S/C9H18O5/c1-9(11,8(10)13-3)7-14-6-4-5-12-2/h11H,4-7H2,1-3H3. The highest BCUT2D eigenvalue weighted by Crippen LogP contribution is 2.06. The molecule has 0 spiro atoms. The largest absolute Gasteiger partial charge is 0.467 e. The third kappa shape index (κ3) is 5.16. The normalized spacial score (nSPS) is 14.9. The zero-order chi connectivity index (χ0) is 11.0. The summed E-state index contributed by atoms with van der Waals surface area (Å²) >= 11 is 0. The Kier molecular flexibility index (Phi) is 6.44. The number of methoxy groups -OCH3 is 2. The molecule has 5 heteroatoms. The van der Waals surface area contributed by atoms with Crippen molar-refractivity contribution in [1.82, 2.24) is 0 Å². The van der Waals surface area contributed by atoms with Crippen molar-refractivity contribution in [2.75, 3.05) is 34.0 Å². The summed E-state index contributed by atoms with van der Waals surface area (Å²) in [7, 11) is 2.83. The highest BCUT2D eigenvalue weighted by Gasteiger charge is 2.31. The highest BCUT2D eigenvalue weighted by molar-refractivity contribution is 5.78. The fourth-order valence-electron chi connectivity index (χ4n) is 0.855. The number of rotatable bonds is 7. The summed E-state index contributed by atoms with van der Waals surface area (Å²) in [5, 5.41) is 9.51. The van der Waals surface area contributed by atoms with Gasteiger partial charge in [-0.15, -0.1) is 0 Å². The van der Waals surface area contributed by atoms with Crippen LogP contribution in [0.2, 0.25) is 0 Å². The third-order valence-electron chi connectivity index (χ3n) is 1.65. The molecule has 1 unspecified atom stereocenters. The lowest BCUT2D eigenvalue weighted by molar-refractivity contribution is -0.166. The molecule has 0 amide bonds. The summed E-state index contributed by atoms with van der Waals surface area (Å²) in [6.45, 7) is 2.33. The van der Waals surface area contributed by atoms with Crippen molar-refractivity contribution in [1.29, 1.82) is 0 Å². The van der Waals surface area contributed by atoms with Gasteiger partial charge in [0.05, 0.1) is 13.7 Å². The molecule has 0 fully saturated rings. The van der Waals surface area contributed by atoms with Crippen molar-refractivity contribution >= 4 is 5.97 Å². The summed E-state index contributed by atoms with van der Waals surface area (Å²) in [5.41, 5.74) is -1.57. The van der Waals surface area contributed by atoms with Crippen LogP contribution in [0.1, 0.15) is 13.3 Å². The van der Waals surface area contributed by atoms with Crippen LogP contribution in [0.15, 0.2) is 0 Å². The summed E-state index contributed by atoms with van der Waals surface area (Å²) in [6.07, 6.45) is 0.730. The lowest BCUT2D eigenvalue weighted by Gasteiger charge is -2.19. The highest BCUT2D eigenvalue weighted by atomic mass is 16.6. The Bertz CT molecular complexity index is 167. The SMILES string of the molecule is COCCCOCC(C)(O)C(=O)OC. The van der Waals surface area contributed by atoms with E-state index in [-0.39, 0.29) is 6.61 Å². The van der Waals surface area contributed by atoms with Gasteiger partial charge < -0.3 is 19.3 Å². The van der Waals surface area contributed by atoms with Crippen molar-refractivity contribution in [2.24, 2.45) is 0 Å².